The molecule has 0 bridgehead atoms. The number of nitrogens with zero attached hydrogens (tertiary/aromatic N) is 3. The van der Waals surface area contributed by atoms with Crippen LogP contribution < -0.4 is 21.1 Å². The summed E-state index contributed by atoms with van der Waals surface area (Å²) in [5.41, 5.74) is 12.5. The van der Waals surface area contributed by atoms with Crippen LogP contribution in [-0.2, 0) is 15.6 Å². The topological polar surface area (TPSA) is 131 Å². The van der Waals surface area contributed by atoms with Crippen molar-refractivity contribution in [1.82, 2.24) is 4.90 Å². The van der Waals surface area contributed by atoms with Crippen molar-refractivity contribution < 1.29 is 17.9 Å². The Hall–Kier alpha value is -2.82. The number of fused-ring (bicyclic) bond motifs is 2. The lowest BCUT2D eigenvalue weighted by atomic mass is 9.94. The molecule has 9 nitrogen and oxygen atoms in total. The van der Waals surface area contributed by atoms with Crippen LogP contribution >= 0.6 is 11.6 Å². The number of aliphatic imine (C=N–C) groups is 1. The molecule has 0 unspecified atom stereocenters. The maximum absolute atomic E-state index is 13.5. The van der Waals surface area contributed by atoms with E-state index in [9.17, 15) is 13.2 Å². The molecule has 1 amide bonds. The lowest BCUT2D eigenvalue weighted by molar-refractivity contribution is 0.100. The molecule has 4 N–H and O–H groups in total. The zero-order valence-electron chi connectivity index (χ0n) is 20.9. The van der Waals surface area contributed by atoms with E-state index in [1.54, 1.807) is 6.92 Å². The summed E-state index contributed by atoms with van der Waals surface area (Å²) < 4.78 is 33.1. The number of rotatable bonds is 3. The molecule has 198 valence electrons. The maximum Gasteiger partial charge on any atom is 0.280 e. The number of benzene rings is 2. The minimum Gasteiger partial charge on any atom is -0.454 e. The van der Waals surface area contributed by atoms with Gasteiger partial charge < -0.3 is 21.1 Å². The number of halogens is 1. The van der Waals surface area contributed by atoms with Gasteiger partial charge in [-0.25, -0.2) is 8.42 Å². The van der Waals surface area contributed by atoms with Gasteiger partial charge in [-0.3, -0.25) is 9.69 Å². The molecule has 0 atom stereocenters. The zero-order chi connectivity index (χ0) is 26.3. The van der Waals surface area contributed by atoms with Crippen LogP contribution in [0.4, 0.5) is 5.69 Å². The number of amides is 1. The Kier molecular flexibility index (Phi) is 7.08. The van der Waals surface area contributed by atoms with Crippen molar-refractivity contribution >= 4 is 39.0 Å². The summed E-state index contributed by atoms with van der Waals surface area (Å²) in [7, 11) is -3.86. The summed E-state index contributed by atoms with van der Waals surface area (Å²) in [6.45, 7) is 5.33. The molecule has 1 aliphatic carbocycles. The van der Waals surface area contributed by atoms with E-state index in [0.717, 1.165) is 31.9 Å². The molecule has 3 aliphatic rings. The smallest absolute Gasteiger partial charge is 0.280 e. The Bertz CT molecular complexity index is 1360. The highest BCUT2D eigenvalue weighted by atomic mass is 35.5. The van der Waals surface area contributed by atoms with Gasteiger partial charge in [0.25, 0.3) is 5.91 Å². The van der Waals surface area contributed by atoms with Crippen LogP contribution in [0.1, 0.15) is 53.6 Å². The van der Waals surface area contributed by atoms with Gasteiger partial charge in [0.1, 0.15) is 16.4 Å². The minimum absolute atomic E-state index is 0.0606. The zero-order valence-corrected chi connectivity index (χ0v) is 22.4. The first kappa shape index (κ1) is 25.8. The number of carbonyl (C=O) groups excluding carboxylic acids is 1. The second kappa shape index (κ2) is 10.2. The lowest BCUT2D eigenvalue weighted by Gasteiger charge is -2.41. The second-order valence-electron chi connectivity index (χ2n) is 10.1. The van der Waals surface area contributed by atoms with Gasteiger partial charge in [0, 0.05) is 49.0 Å². The average molecular weight is 546 g/mol. The van der Waals surface area contributed by atoms with Crippen molar-refractivity contribution in [2.75, 3.05) is 31.1 Å². The Morgan fingerprint density at radius 2 is 1.73 bits per heavy atom. The minimum atomic E-state index is -3.86. The standard InChI is InChI=1S/C26H32ClN5O4S/c1-16-11-17(25(33)30-26(28)29)13-22-23(16)36-24-18(15-37(22,34)35)12-20(14-21(24)27)32-9-7-31(8-10-32)19-5-3-2-4-6-19/h11-14,19H,2-10,15H2,1H3,(H4,28,29,30,33). The third kappa shape index (κ3) is 5.28. The summed E-state index contributed by atoms with van der Waals surface area (Å²) in [5, 5.41) is 0.352. The van der Waals surface area contributed by atoms with E-state index in [1.165, 1.54) is 44.2 Å². The van der Waals surface area contributed by atoms with Crippen LogP contribution in [0.2, 0.25) is 5.02 Å². The normalized spacial score (nSPS) is 19.8. The van der Waals surface area contributed by atoms with E-state index < -0.39 is 21.7 Å². The summed E-state index contributed by atoms with van der Waals surface area (Å²) in [5.74, 6) is -0.959. The number of sulfone groups is 1. The van der Waals surface area contributed by atoms with Gasteiger partial charge in [0.2, 0.25) is 0 Å². The van der Waals surface area contributed by atoms with Gasteiger partial charge >= 0.3 is 0 Å². The maximum atomic E-state index is 13.5. The summed E-state index contributed by atoms with van der Waals surface area (Å²) >= 11 is 6.68. The van der Waals surface area contributed by atoms with E-state index in [4.69, 9.17) is 27.8 Å². The Labute approximate surface area is 222 Å². The molecule has 2 heterocycles. The van der Waals surface area contributed by atoms with E-state index >= 15 is 0 Å². The number of aryl methyl sites for hydroxylation is 1. The molecular formula is C26H32ClN5O4S. The molecule has 0 aromatic heterocycles. The Balaban J connectivity index is 1.43. The number of piperazine rings is 1. The van der Waals surface area contributed by atoms with Crippen LogP contribution in [-0.4, -0.2) is 57.4 Å². The predicted octanol–water partition coefficient (Wildman–Crippen LogP) is 3.60. The molecule has 1 saturated carbocycles. The molecule has 5 rings (SSSR count). The van der Waals surface area contributed by atoms with Gasteiger partial charge in [0.15, 0.2) is 15.8 Å². The van der Waals surface area contributed by atoms with Gasteiger partial charge in [-0.05, 0) is 49.6 Å². The van der Waals surface area contributed by atoms with Crippen LogP contribution in [0.3, 0.4) is 0 Å². The van der Waals surface area contributed by atoms with Crippen molar-refractivity contribution in [2.24, 2.45) is 16.5 Å². The summed E-state index contributed by atoms with van der Waals surface area (Å²) in [4.78, 5) is 20.7. The first-order valence-electron chi connectivity index (χ1n) is 12.6. The molecule has 1 saturated heterocycles. The highest BCUT2D eigenvalue weighted by molar-refractivity contribution is 7.90. The van der Waals surface area contributed by atoms with Crippen molar-refractivity contribution in [2.45, 2.75) is 55.7 Å². The molecule has 2 aromatic carbocycles. The molecule has 2 aliphatic heterocycles. The first-order chi connectivity index (χ1) is 17.6. The monoisotopic (exact) mass is 545 g/mol. The molecule has 0 radical (unpaired) electrons. The summed E-state index contributed by atoms with van der Waals surface area (Å²) in [6.07, 6.45) is 6.52. The van der Waals surface area contributed by atoms with Crippen molar-refractivity contribution in [1.29, 1.82) is 0 Å². The van der Waals surface area contributed by atoms with Crippen molar-refractivity contribution in [3.05, 3.63) is 46.0 Å². The predicted molar refractivity (Wildman–Crippen MR) is 144 cm³/mol. The highest BCUT2D eigenvalue weighted by Gasteiger charge is 2.32. The number of carbonyl (C=O) groups is 1. The molecule has 11 heteroatoms. The number of hydrogen-bond acceptors (Lipinski definition) is 6. The highest BCUT2D eigenvalue weighted by Crippen LogP contribution is 2.45. The molecule has 37 heavy (non-hydrogen) atoms. The van der Waals surface area contributed by atoms with Gasteiger partial charge in [-0.2, -0.15) is 4.99 Å². The molecule has 0 spiro atoms. The van der Waals surface area contributed by atoms with E-state index in [1.807, 2.05) is 12.1 Å². The largest absolute Gasteiger partial charge is 0.454 e. The molecular weight excluding hydrogens is 514 g/mol. The number of ether oxygens (including phenoxy) is 1. The number of guanidine groups is 1. The SMILES string of the molecule is Cc1cc(C(=O)N=C(N)N)cc2c1Oc1c(Cl)cc(N3CCN(C4CCCCC4)CC3)cc1CS2(=O)=O. The first-order valence-corrected chi connectivity index (χ1v) is 14.7. The molecule has 2 aromatic rings. The Morgan fingerprint density at radius 3 is 2.41 bits per heavy atom. The quantitative estimate of drug-likeness (QED) is 0.442. The van der Waals surface area contributed by atoms with Gasteiger partial charge in [0.05, 0.1) is 10.8 Å². The van der Waals surface area contributed by atoms with Crippen molar-refractivity contribution in [3.8, 4) is 11.5 Å². The van der Waals surface area contributed by atoms with Crippen LogP contribution in [0.25, 0.3) is 0 Å². The fourth-order valence-corrected chi connectivity index (χ4v) is 7.47. The van der Waals surface area contributed by atoms with Crippen LogP contribution in [0.5, 0.6) is 11.5 Å². The number of anilines is 1. The van der Waals surface area contributed by atoms with Crippen LogP contribution in [0.15, 0.2) is 34.2 Å². The van der Waals surface area contributed by atoms with Gasteiger partial charge in [-0.1, -0.05) is 30.9 Å². The molecule has 2 fully saturated rings. The third-order valence-corrected chi connectivity index (χ3v) is 9.42. The third-order valence-electron chi connectivity index (χ3n) is 7.48. The average Bonchev–Trinajstić information content (AvgIpc) is 2.98. The fraction of sp³-hybridized carbons (Fsp3) is 0.462. The van der Waals surface area contributed by atoms with E-state index in [2.05, 4.69) is 14.8 Å². The van der Waals surface area contributed by atoms with Crippen LogP contribution in [0, 0.1) is 6.92 Å². The van der Waals surface area contributed by atoms with E-state index in [0.29, 0.717) is 27.9 Å². The summed E-state index contributed by atoms with van der Waals surface area (Å²) in [6, 6.07) is 7.15. The van der Waals surface area contributed by atoms with Gasteiger partial charge in [-0.15, -0.1) is 0 Å². The number of hydrogen-bond donors (Lipinski definition) is 2. The fourth-order valence-electron chi connectivity index (χ4n) is 5.62. The Morgan fingerprint density at radius 1 is 1.03 bits per heavy atom. The van der Waals surface area contributed by atoms with E-state index in [-0.39, 0.29) is 22.0 Å². The second-order valence-corrected chi connectivity index (χ2v) is 12.4. The number of nitrogens with two attached hydrogens (primary N) is 2. The lowest BCUT2D eigenvalue weighted by Crippen LogP contribution is -2.50. The van der Waals surface area contributed by atoms with Crippen molar-refractivity contribution in [3.63, 3.8) is 0 Å².